The minimum absolute atomic E-state index is 0.371. The molecule has 1 rings (SSSR count). The normalized spacial score (nSPS) is 6.03. The molecule has 0 amide bonds. The summed E-state index contributed by atoms with van der Waals surface area (Å²) in [4.78, 5) is 11.6. The first kappa shape index (κ1) is 25.7. The number of hydrogen-bond acceptors (Lipinski definition) is 3. The Morgan fingerprint density at radius 2 is 1.06 bits per heavy atom. The van der Waals surface area contributed by atoms with Crippen LogP contribution in [0.4, 0.5) is 0 Å². The molecule has 0 aliphatic rings. The molecule has 0 N–H and O–H groups in total. The van der Waals surface area contributed by atoms with E-state index in [4.69, 9.17) is 11.2 Å². The molecule has 0 heterocycles. The predicted octanol–water partition coefficient (Wildman–Crippen LogP) is 1.79. The topological polar surface area (TPSA) is 35.5 Å². The maximum atomic E-state index is 11.6. The molecule has 0 fully saturated rings. The quantitative estimate of drug-likeness (QED) is 0.530. The Balaban J connectivity index is 2.52. The first-order valence-electron chi connectivity index (χ1n) is 9.00. The lowest BCUT2D eigenvalue weighted by atomic mass is 10.1. The van der Waals surface area contributed by atoms with Crippen molar-refractivity contribution in [3.63, 3.8) is 0 Å². The molecular weight excluding hydrogens is 420 g/mol. The van der Waals surface area contributed by atoms with E-state index in [1.165, 1.54) is 13.2 Å². The average molecular weight is 430 g/mol. The fraction of sp³-hybridized carbons (Fsp3) is 0.0645. The minimum atomic E-state index is -0.459. The number of ether oxygens (including phenoxy) is 2. The van der Waals surface area contributed by atoms with Gasteiger partial charge in [0.2, 0.25) is 0 Å². The third kappa shape index (κ3) is 13.0. The maximum absolute atomic E-state index is 11.6. The second-order valence-corrected chi connectivity index (χ2v) is 5.25. The minimum Gasteiger partial charge on any atom is -0.465 e. The molecule has 0 radical (unpaired) electrons. The average Bonchev–Trinajstić information content (AvgIpc) is 2.84. The highest BCUT2D eigenvalue weighted by atomic mass is 16.5. The molecular formula is C31H10O3. The molecule has 0 aromatic heterocycles. The molecule has 0 aliphatic carbocycles. The zero-order chi connectivity index (χ0) is 24.7. The summed E-state index contributed by atoms with van der Waals surface area (Å²) in [6, 6.07) is 4.94. The van der Waals surface area contributed by atoms with Crippen molar-refractivity contribution >= 4 is 5.97 Å². The molecule has 0 bridgehead atoms. The van der Waals surface area contributed by atoms with E-state index >= 15 is 0 Å². The Kier molecular flexibility index (Phi) is 13.2. The third-order valence-corrected chi connectivity index (χ3v) is 2.89. The van der Waals surface area contributed by atoms with Gasteiger partial charge in [-0.2, -0.15) is 0 Å². The summed E-state index contributed by atoms with van der Waals surface area (Å²) in [7, 11) is 1.31. The number of benzene rings is 1. The molecule has 3 heteroatoms. The van der Waals surface area contributed by atoms with E-state index in [-0.39, 0.29) is 0 Å². The van der Waals surface area contributed by atoms with Crippen molar-refractivity contribution in [2.45, 2.75) is 6.92 Å². The largest absolute Gasteiger partial charge is 0.465 e. The van der Waals surface area contributed by atoms with Crippen molar-refractivity contribution in [3.8, 4) is 137 Å². The van der Waals surface area contributed by atoms with Crippen molar-refractivity contribution in [3.05, 3.63) is 29.3 Å². The second kappa shape index (κ2) is 17.5. The van der Waals surface area contributed by atoms with Crippen LogP contribution in [0, 0.1) is 138 Å². The van der Waals surface area contributed by atoms with Crippen LogP contribution >= 0.6 is 0 Å². The van der Waals surface area contributed by atoms with Crippen molar-refractivity contribution in [1.29, 1.82) is 0 Å². The standard InChI is InChI=1S/C31H10O3/c1-4-5-6-7-8-9-10-11-12-13-14-15-16-17-18-19-20-21-22-23-24-34-30-26-28(2)25-29(27-30)31(32)33-3/h1,25-27H,2-3H3. The van der Waals surface area contributed by atoms with Gasteiger partial charge in [0.25, 0.3) is 0 Å². The van der Waals surface area contributed by atoms with Gasteiger partial charge in [-0.1, -0.05) is 0 Å². The van der Waals surface area contributed by atoms with Crippen LogP contribution in [0.1, 0.15) is 15.9 Å². The monoisotopic (exact) mass is 430 g/mol. The van der Waals surface area contributed by atoms with Crippen molar-refractivity contribution < 1.29 is 14.3 Å². The van der Waals surface area contributed by atoms with E-state index in [0.29, 0.717) is 11.3 Å². The fourth-order valence-electron chi connectivity index (χ4n) is 1.72. The first-order valence-corrected chi connectivity index (χ1v) is 9.00. The number of esters is 1. The van der Waals surface area contributed by atoms with Crippen molar-refractivity contribution in [2.24, 2.45) is 0 Å². The lowest BCUT2D eigenvalue weighted by Gasteiger charge is -2.03. The smallest absolute Gasteiger partial charge is 0.337 e. The summed E-state index contributed by atoms with van der Waals surface area (Å²) in [5.41, 5.74) is 1.20. The van der Waals surface area contributed by atoms with Crippen molar-refractivity contribution in [2.75, 3.05) is 7.11 Å². The molecule has 34 heavy (non-hydrogen) atoms. The van der Waals surface area contributed by atoms with Gasteiger partial charge in [0.15, 0.2) is 0 Å². The summed E-state index contributed by atoms with van der Waals surface area (Å²) in [5.74, 6) is 49.0. The summed E-state index contributed by atoms with van der Waals surface area (Å²) >= 11 is 0. The van der Waals surface area contributed by atoms with Gasteiger partial charge in [-0.25, -0.2) is 4.79 Å². The summed E-state index contributed by atoms with van der Waals surface area (Å²) in [6.45, 7) is 1.82. The van der Waals surface area contributed by atoms with Crippen molar-refractivity contribution in [1.82, 2.24) is 0 Å². The molecule has 0 unspecified atom stereocenters. The fourth-order valence-corrected chi connectivity index (χ4v) is 1.72. The maximum Gasteiger partial charge on any atom is 0.337 e. The molecule has 1 aromatic rings. The van der Waals surface area contributed by atoms with Gasteiger partial charge < -0.3 is 9.47 Å². The number of carbonyl (C=O) groups excluding carboxylic acids is 1. The number of hydrogen-bond donors (Lipinski definition) is 0. The summed E-state index contributed by atoms with van der Waals surface area (Å²) in [5, 5.41) is 0. The molecule has 0 saturated heterocycles. The van der Waals surface area contributed by atoms with Crippen LogP contribution in [0.25, 0.3) is 0 Å². The molecule has 0 atom stereocenters. The van der Waals surface area contributed by atoms with Crippen LogP contribution in [-0.4, -0.2) is 13.1 Å². The van der Waals surface area contributed by atoms with Gasteiger partial charge >= 0.3 is 5.97 Å². The van der Waals surface area contributed by atoms with Gasteiger partial charge in [-0.15, -0.1) is 6.42 Å². The molecule has 3 nitrogen and oxygen atoms in total. The SMILES string of the molecule is C#CC#CC#CC#CC#CC#CC#CC#CC#CC#CC#COc1cc(C)cc(C(=O)OC)c1. The Morgan fingerprint density at radius 3 is 1.47 bits per heavy atom. The predicted molar refractivity (Wildman–Crippen MR) is 130 cm³/mol. The van der Waals surface area contributed by atoms with Crippen LogP contribution in [0.15, 0.2) is 18.2 Å². The number of aryl methyl sites for hydroxylation is 1. The Hall–Kier alpha value is -6.35. The van der Waals surface area contributed by atoms with Gasteiger partial charge in [0.1, 0.15) is 11.9 Å². The number of carbonyl (C=O) groups is 1. The molecule has 152 valence electrons. The molecule has 0 saturated carbocycles. The van der Waals surface area contributed by atoms with Gasteiger partial charge in [0, 0.05) is 71.0 Å². The molecule has 0 spiro atoms. The molecule has 0 aliphatic heterocycles. The van der Waals surface area contributed by atoms with Crippen LogP contribution < -0.4 is 4.74 Å². The van der Waals surface area contributed by atoms with E-state index in [1.54, 1.807) is 12.1 Å². The Labute approximate surface area is 200 Å². The molecule has 1 aromatic carbocycles. The van der Waals surface area contributed by atoms with E-state index in [9.17, 15) is 4.79 Å². The zero-order valence-corrected chi connectivity index (χ0v) is 18.0. The highest BCUT2D eigenvalue weighted by molar-refractivity contribution is 5.90. The number of terminal acetylenes is 1. The first-order chi connectivity index (χ1) is 16.7. The van der Waals surface area contributed by atoms with Gasteiger partial charge in [-0.3, -0.25) is 0 Å². The highest BCUT2D eigenvalue weighted by Crippen LogP contribution is 2.17. The zero-order valence-electron chi connectivity index (χ0n) is 18.0. The van der Waals surface area contributed by atoms with Crippen LogP contribution in [0.2, 0.25) is 0 Å². The Bertz CT molecular complexity index is 1650. The third-order valence-electron chi connectivity index (χ3n) is 2.89. The van der Waals surface area contributed by atoms with Crippen LogP contribution in [0.5, 0.6) is 5.75 Å². The number of methoxy groups -OCH3 is 1. The summed E-state index contributed by atoms with van der Waals surface area (Å²) in [6.07, 6.45) is 7.34. The Morgan fingerprint density at radius 1 is 0.647 bits per heavy atom. The summed E-state index contributed by atoms with van der Waals surface area (Å²) < 4.78 is 9.93. The second-order valence-electron chi connectivity index (χ2n) is 5.25. The highest BCUT2D eigenvalue weighted by Gasteiger charge is 2.07. The van der Waals surface area contributed by atoms with E-state index in [2.05, 4.69) is 129 Å². The van der Waals surface area contributed by atoms with E-state index < -0.39 is 5.97 Å². The lowest BCUT2D eigenvalue weighted by Crippen LogP contribution is -2.01. The van der Waals surface area contributed by atoms with Gasteiger partial charge in [-0.05, 0) is 78.0 Å². The lowest BCUT2D eigenvalue weighted by molar-refractivity contribution is 0.0600. The van der Waals surface area contributed by atoms with E-state index in [1.807, 2.05) is 6.92 Å². The van der Waals surface area contributed by atoms with Gasteiger partial charge in [0.05, 0.1) is 12.7 Å². The van der Waals surface area contributed by atoms with Crippen LogP contribution in [0.3, 0.4) is 0 Å². The number of rotatable bonds is 2. The van der Waals surface area contributed by atoms with E-state index in [0.717, 1.165) is 5.56 Å². The van der Waals surface area contributed by atoms with Crippen LogP contribution in [-0.2, 0) is 4.74 Å².